The number of alkyl halides is 3. The van der Waals surface area contributed by atoms with Gasteiger partial charge in [0.15, 0.2) is 0 Å². The third kappa shape index (κ3) is 2.75. The van der Waals surface area contributed by atoms with Gasteiger partial charge in [-0.15, -0.1) is 0 Å². The molecule has 0 saturated carbocycles. The minimum atomic E-state index is -4.38. The van der Waals surface area contributed by atoms with E-state index in [4.69, 9.17) is 5.73 Å². The standard InChI is InChI=1S/C9H7F3N2/c10-9(11,12)8-4-7(2-1-3-13)5-14-6-8/h4-6H,3,13H2. The van der Waals surface area contributed by atoms with Crippen molar-refractivity contribution < 1.29 is 13.2 Å². The molecule has 1 aromatic heterocycles. The van der Waals surface area contributed by atoms with Gasteiger partial charge in [-0.3, -0.25) is 4.98 Å². The third-order valence-electron chi connectivity index (χ3n) is 1.40. The Balaban J connectivity index is 3.02. The fourth-order valence-electron chi connectivity index (χ4n) is 0.816. The van der Waals surface area contributed by atoms with Crippen LogP contribution in [-0.4, -0.2) is 11.5 Å². The van der Waals surface area contributed by atoms with Crippen LogP contribution in [0.4, 0.5) is 13.2 Å². The molecule has 0 radical (unpaired) electrons. The van der Waals surface area contributed by atoms with Gasteiger partial charge in [0, 0.05) is 18.0 Å². The molecule has 1 heterocycles. The van der Waals surface area contributed by atoms with E-state index < -0.39 is 11.7 Å². The summed E-state index contributed by atoms with van der Waals surface area (Å²) in [6, 6.07) is 0.940. The van der Waals surface area contributed by atoms with Crippen LogP contribution in [0.5, 0.6) is 0 Å². The van der Waals surface area contributed by atoms with Crippen LogP contribution in [0.25, 0.3) is 0 Å². The summed E-state index contributed by atoms with van der Waals surface area (Å²) in [4.78, 5) is 3.44. The van der Waals surface area contributed by atoms with Crippen LogP contribution in [0, 0.1) is 11.8 Å². The van der Waals surface area contributed by atoms with Crippen molar-refractivity contribution >= 4 is 0 Å². The zero-order valence-corrected chi connectivity index (χ0v) is 7.10. The first-order valence-electron chi connectivity index (χ1n) is 3.75. The second-order valence-corrected chi connectivity index (χ2v) is 2.47. The highest BCUT2D eigenvalue weighted by Gasteiger charge is 2.30. The Labute approximate surface area is 78.9 Å². The molecule has 0 bridgehead atoms. The molecule has 2 N–H and O–H groups in total. The van der Waals surface area contributed by atoms with E-state index in [1.807, 2.05) is 0 Å². The molecule has 5 heteroatoms. The van der Waals surface area contributed by atoms with Gasteiger partial charge in [-0.05, 0) is 6.07 Å². The Kier molecular flexibility index (Phi) is 3.10. The number of halogens is 3. The van der Waals surface area contributed by atoms with Gasteiger partial charge in [0.25, 0.3) is 0 Å². The van der Waals surface area contributed by atoms with Gasteiger partial charge in [0.1, 0.15) is 0 Å². The van der Waals surface area contributed by atoms with E-state index in [1.165, 1.54) is 6.20 Å². The van der Waals surface area contributed by atoms with Crippen molar-refractivity contribution in [3.05, 3.63) is 29.6 Å². The van der Waals surface area contributed by atoms with E-state index in [9.17, 15) is 13.2 Å². The van der Waals surface area contributed by atoms with Crippen LogP contribution in [-0.2, 0) is 6.18 Å². The Morgan fingerprint density at radius 3 is 2.64 bits per heavy atom. The summed E-state index contributed by atoms with van der Waals surface area (Å²) in [5, 5.41) is 0. The quantitative estimate of drug-likeness (QED) is 0.643. The summed E-state index contributed by atoms with van der Waals surface area (Å²) in [6.45, 7) is 0.107. The van der Waals surface area contributed by atoms with Crippen molar-refractivity contribution in [3.63, 3.8) is 0 Å². The Bertz CT molecular complexity index is 374. The number of hydrogen-bond donors (Lipinski definition) is 1. The summed E-state index contributed by atoms with van der Waals surface area (Å²) < 4.78 is 36.5. The minimum absolute atomic E-state index is 0.107. The van der Waals surface area contributed by atoms with Gasteiger partial charge in [-0.25, -0.2) is 0 Å². The molecule has 0 aliphatic heterocycles. The molecular formula is C9H7F3N2. The molecule has 74 valence electrons. The fourth-order valence-corrected chi connectivity index (χ4v) is 0.816. The predicted molar refractivity (Wildman–Crippen MR) is 45.2 cm³/mol. The molecule has 1 rings (SSSR count). The molecular weight excluding hydrogens is 193 g/mol. The Hall–Kier alpha value is -1.54. The first-order chi connectivity index (χ1) is 6.54. The second-order valence-electron chi connectivity index (χ2n) is 2.47. The Morgan fingerprint density at radius 2 is 2.07 bits per heavy atom. The number of aromatic nitrogens is 1. The van der Waals surface area contributed by atoms with Crippen LogP contribution < -0.4 is 5.73 Å². The van der Waals surface area contributed by atoms with E-state index >= 15 is 0 Å². The lowest BCUT2D eigenvalue weighted by atomic mass is 10.2. The molecule has 0 aliphatic rings. The largest absolute Gasteiger partial charge is 0.417 e. The van der Waals surface area contributed by atoms with E-state index in [0.717, 1.165) is 12.3 Å². The van der Waals surface area contributed by atoms with E-state index in [2.05, 4.69) is 16.8 Å². The van der Waals surface area contributed by atoms with Crippen molar-refractivity contribution in [1.29, 1.82) is 0 Å². The smallest absolute Gasteiger partial charge is 0.320 e. The van der Waals surface area contributed by atoms with Crippen molar-refractivity contribution in [2.24, 2.45) is 5.73 Å². The second kappa shape index (κ2) is 4.11. The van der Waals surface area contributed by atoms with Crippen molar-refractivity contribution in [3.8, 4) is 11.8 Å². The van der Waals surface area contributed by atoms with E-state index in [1.54, 1.807) is 0 Å². The topological polar surface area (TPSA) is 38.9 Å². The first-order valence-corrected chi connectivity index (χ1v) is 3.75. The molecule has 0 aliphatic carbocycles. The van der Waals surface area contributed by atoms with Gasteiger partial charge >= 0.3 is 6.18 Å². The molecule has 0 atom stereocenters. The zero-order chi connectivity index (χ0) is 10.6. The van der Waals surface area contributed by atoms with E-state index in [0.29, 0.717) is 0 Å². The number of rotatable bonds is 0. The normalized spacial score (nSPS) is 10.6. The SMILES string of the molecule is NCC#Cc1cncc(C(F)(F)F)c1. The zero-order valence-electron chi connectivity index (χ0n) is 7.10. The summed E-state index contributed by atoms with van der Waals surface area (Å²) >= 11 is 0. The fraction of sp³-hybridized carbons (Fsp3) is 0.222. The molecule has 0 spiro atoms. The first kappa shape index (κ1) is 10.5. The number of pyridine rings is 1. The lowest BCUT2D eigenvalue weighted by Gasteiger charge is -2.04. The monoisotopic (exact) mass is 200 g/mol. The van der Waals surface area contributed by atoms with Crippen molar-refractivity contribution in [1.82, 2.24) is 4.98 Å². The minimum Gasteiger partial charge on any atom is -0.320 e. The highest BCUT2D eigenvalue weighted by Crippen LogP contribution is 2.28. The van der Waals surface area contributed by atoms with Crippen molar-refractivity contribution in [2.75, 3.05) is 6.54 Å². The summed E-state index contributed by atoms with van der Waals surface area (Å²) in [5.41, 5.74) is 4.49. The molecule has 14 heavy (non-hydrogen) atoms. The number of nitrogens with two attached hydrogens (primary N) is 1. The average Bonchev–Trinajstić information content (AvgIpc) is 2.14. The summed E-state index contributed by atoms with van der Waals surface area (Å²) in [5.74, 6) is 4.93. The average molecular weight is 200 g/mol. The maximum absolute atomic E-state index is 12.2. The molecule has 1 aromatic rings. The Morgan fingerprint density at radius 1 is 1.36 bits per heavy atom. The number of nitrogens with zero attached hydrogens (tertiary/aromatic N) is 1. The summed E-state index contributed by atoms with van der Waals surface area (Å²) in [7, 11) is 0. The van der Waals surface area contributed by atoms with Crippen LogP contribution >= 0.6 is 0 Å². The molecule has 0 aromatic carbocycles. The number of hydrogen-bond acceptors (Lipinski definition) is 2. The molecule has 2 nitrogen and oxygen atoms in total. The van der Waals surface area contributed by atoms with Crippen LogP contribution in [0.15, 0.2) is 18.5 Å². The van der Waals surface area contributed by atoms with Crippen LogP contribution in [0.1, 0.15) is 11.1 Å². The molecule has 0 unspecified atom stereocenters. The highest BCUT2D eigenvalue weighted by atomic mass is 19.4. The van der Waals surface area contributed by atoms with Crippen LogP contribution in [0.2, 0.25) is 0 Å². The van der Waals surface area contributed by atoms with Gasteiger partial charge in [-0.1, -0.05) is 11.8 Å². The maximum Gasteiger partial charge on any atom is 0.417 e. The van der Waals surface area contributed by atoms with Gasteiger partial charge in [-0.2, -0.15) is 13.2 Å². The van der Waals surface area contributed by atoms with Crippen molar-refractivity contribution in [2.45, 2.75) is 6.18 Å². The van der Waals surface area contributed by atoms with E-state index in [-0.39, 0.29) is 12.1 Å². The third-order valence-corrected chi connectivity index (χ3v) is 1.40. The lowest BCUT2D eigenvalue weighted by Crippen LogP contribution is -2.05. The highest BCUT2D eigenvalue weighted by molar-refractivity contribution is 5.35. The molecule has 0 fully saturated rings. The lowest BCUT2D eigenvalue weighted by molar-refractivity contribution is -0.137. The van der Waals surface area contributed by atoms with Gasteiger partial charge in [0.05, 0.1) is 12.1 Å². The molecule has 0 amide bonds. The van der Waals surface area contributed by atoms with Gasteiger partial charge in [0.2, 0.25) is 0 Å². The molecule has 0 saturated heterocycles. The maximum atomic E-state index is 12.2. The van der Waals surface area contributed by atoms with Crippen LogP contribution in [0.3, 0.4) is 0 Å². The summed E-state index contributed by atoms with van der Waals surface area (Å²) in [6.07, 6.45) is -2.36. The predicted octanol–water partition coefficient (Wildman–Crippen LogP) is 1.41. The van der Waals surface area contributed by atoms with Gasteiger partial charge < -0.3 is 5.73 Å².